The van der Waals surface area contributed by atoms with E-state index in [1.54, 1.807) is 0 Å². The number of likely N-dealkylation sites (tertiary alicyclic amines) is 2. The molecule has 92 valence electrons. The van der Waals surface area contributed by atoms with Crippen molar-refractivity contribution in [2.45, 2.75) is 12.1 Å². The van der Waals surface area contributed by atoms with Crippen molar-refractivity contribution in [2.24, 2.45) is 5.41 Å². The highest BCUT2D eigenvalue weighted by molar-refractivity contribution is 5.14. The van der Waals surface area contributed by atoms with Gasteiger partial charge in [0, 0.05) is 44.2 Å². The predicted molar refractivity (Wildman–Crippen MR) is 63.6 cm³/mol. The number of morpholine rings is 1. The zero-order valence-corrected chi connectivity index (χ0v) is 10.6. The molecule has 16 heavy (non-hydrogen) atoms. The molecule has 4 nitrogen and oxygen atoms in total. The molecular weight excluding hydrogens is 202 g/mol. The third kappa shape index (κ3) is 1.51. The Bertz CT molecular complexity index is 272. The molecule has 0 aliphatic carbocycles. The van der Waals surface area contributed by atoms with E-state index in [9.17, 15) is 0 Å². The van der Waals surface area contributed by atoms with Gasteiger partial charge in [0.05, 0.1) is 12.7 Å². The standard InChI is InChI=1S/C12H23N3O/c1-13-4-5-16-10(6-13)11-12(9-15(11)3)7-14(2)8-12/h10-11H,4-9H2,1-3H3. The number of likely N-dealkylation sites (N-methyl/N-ethyl adjacent to an activating group) is 2. The van der Waals surface area contributed by atoms with Crippen LogP contribution in [0.4, 0.5) is 0 Å². The van der Waals surface area contributed by atoms with Crippen LogP contribution in [-0.4, -0.2) is 87.3 Å². The van der Waals surface area contributed by atoms with Gasteiger partial charge in [0.15, 0.2) is 0 Å². The van der Waals surface area contributed by atoms with Gasteiger partial charge in [-0.1, -0.05) is 0 Å². The number of rotatable bonds is 1. The molecule has 0 saturated carbocycles. The Morgan fingerprint density at radius 3 is 2.38 bits per heavy atom. The van der Waals surface area contributed by atoms with Crippen LogP contribution < -0.4 is 0 Å². The summed E-state index contributed by atoms with van der Waals surface area (Å²) in [6, 6.07) is 0.645. The number of ether oxygens (including phenoxy) is 1. The quantitative estimate of drug-likeness (QED) is 0.602. The van der Waals surface area contributed by atoms with Crippen molar-refractivity contribution in [1.29, 1.82) is 0 Å². The molecule has 0 N–H and O–H groups in total. The van der Waals surface area contributed by atoms with E-state index in [2.05, 4.69) is 35.8 Å². The SMILES string of the molecule is CN1CCOC(C2N(C)CC23CN(C)C3)C1. The lowest BCUT2D eigenvalue weighted by Crippen LogP contribution is -2.79. The van der Waals surface area contributed by atoms with Gasteiger partial charge >= 0.3 is 0 Å². The first-order valence-corrected chi connectivity index (χ1v) is 6.30. The summed E-state index contributed by atoms with van der Waals surface area (Å²) in [7, 11) is 6.66. The summed E-state index contributed by atoms with van der Waals surface area (Å²) in [6.45, 7) is 6.85. The Balaban J connectivity index is 1.68. The molecule has 0 aromatic heterocycles. The summed E-state index contributed by atoms with van der Waals surface area (Å²) < 4.78 is 5.99. The van der Waals surface area contributed by atoms with Crippen molar-refractivity contribution in [3.05, 3.63) is 0 Å². The molecule has 1 spiro atoms. The minimum absolute atomic E-state index is 0.422. The molecule has 3 heterocycles. The van der Waals surface area contributed by atoms with Crippen LogP contribution in [0.15, 0.2) is 0 Å². The van der Waals surface area contributed by atoms with Crippen LogP contribution in [0.3, 0.4) is 0 Å². The highest BCUT2D eigenvalue weighted by atomic mass is 16.5. The number of nitrogens with zero attached hydrogens (tertiary/aromatic N) is 3. The largest absolute Gasteiger partial charge is 0.374 e. The van der Waals surface area contributed by atoms with Gasteiger partial charge in [0.25, 0.3) is 0 Å². The Kier molecular flexibility index (Phi) is 2.51. The van der Waals surface area contributed by atoms with Gasteiger partial charge in [-0.25, -0.2) is 0 Å². The van der Waals surface area contributed by atoms with Crippen LogP contribution in [0.5, 0.6) is 0 Å². The predicted octanol–water partition coefficient (Wildman–Crippen LogP) is -0.437. The molecule has 0 bridgehead atoms. The second-order valence-corrected chi connectivity index (χ2v) is 6.07. The molecule has 0 amide bonds. The Hall–Kier alpha value is -0.160. The monoisotopic (exact) mass is 225 g/mol. The van der Waals surface area contributed by atoms with Crippen molar-refractivity contribution in [3.8, 4) is 0 Å². The first-order valence-electron chi connectivity index (χ1n) is 6.30. The first-order chi connectivity index (χ1) is 7.61. The van der Waals surface area contributed by atoms with E-state index in [4.69, 9.17) is 4.74 Å². The number of hydrogen-bond donors (Lipinski definition) is 0. The van der Waals surface area contributed by atoms with Gasteiger partial charge in [-0.2, -0.15) is 0 Å². The fraction of sp³-hybridized carbons (Fsp3) is 1.00. The Morgan fingerprint density at radius 1 is 1.06 bits per heavy atom. The van der Waals surface area contributed by atoms with E-state index in [0.717, 1.165) is 19.7 Å². The first kappa shape index (κ1) is 11.0. The van der Waals surface area contributed by atoms with Crippen LogP contribution in [-0.2, 0) is 4.74 Å². The minimum Gasteiger partial charge on any atom is -0.374 e. The van der Waals surface area contributed by atoms with Gasteiger partial charge in [0.2, 0.25) is 0 Å². The highest BCUT2D eigenvalue weighted by Crippen LogP contribution is 2.46. The molecule has 3 fully saturated rings. The van der Waals surface area contributed by atoms with E-state index < -0.39 is 0 Å². The highest BCUT2D eigenvalue weighted by Gasteiger charge is 2.59. The Morgan fingerprint density at radius 2 is 1.81 bits per heavy atom. The van der Waals surface area contributed by atoms with Crippen molar-refractivity contribution < 1.29 is 4.74 Å². The minimum atomic E-state index is 0.422. The molecule has 2 unspecified atom stereocenters. The normalized spacial score (nSPS) is 40.7. The van der Waals surface area contributed by atoms with Crippen molar-refractivity contribution in [2.75, 3.05) is 60.5 Å². The third-order valence-corrected chi connectivity index (χ3v) is 4.48. The average Bonchev–Trinajstić information content (AvgIpc) is 2.14. The summed E-state index contributed by atoms with van der Waals surface area (Å²) in [6.07, 6.45) is 0.422. The maximum atomic E-state index is 5.99. The maximum Gasteiger partial charge on any atom is 0.0864 e. The van der Waals surface area contributed by atoms with Gasteiger partial charge in [-0.15, -0.1) is 0 Å². The van der Waals surface area contributed by atoms with Gasteiger partial charge in [-0.3, -0.25) is 4.90 Å². The summed E-state index contributed by atoms with van der Waals surface area (Å²) in [5, 5.41) is 0. The molecule has 0 aromatic carbocycles. The summed E-state index contributed by atoms with van der Waals surface area (Å²) in [5.74, 6) is 0. The third-order valence-electron chi connectivity index (χ3n) is 4.48. The maximum absolute atomic E-state index is 5.99. The summed E-state index contributed by atoms with van der Waals surface area (Å²) in [5.41, 5.74) is 0.548. The fourth-order valence-electron chi connectivity index (χ4n) is 4.04. The lowest BCUT2D eigenvalue weighted by Gasteiger charge is -2.66. The van der Waals surface area contributed by atoms with E-state index in [1.807, 2.05) is 0 Å². The molecule has 3 rings (SSSR count). The lowest BCUT2D eigenvalue weighted by atomic mass is 9.64. The molecule has 4 heteroatoms. The van der Waals surface area contributed by atoms with E-state index >= 15 is 0 Å². The molecule has 3 aliphatic rings. The molecule has 3 saturated heterocycles. The topological polar surface area (TPSA) is 19.0 Å². The zero-order valence-electron chi connectivity index (χ0n) is 10.6. The second-order valence-electron chi connectivity index (χ2n) is 6.07. The summed E-state index contributed by atoms with van der Waals surface area (Å²) in [4.78, 5) is 7.31. The molecule has 0 aromatic rings. The van der Waals surface area contributed by atoms with E-state index in [0.29, 0.717) is 17.6 Å². The van der Waals surface area contributed by atoms with Crippen molar-refractivity contribution in [1.82, 2.24) is 14.7 Å². The zero-order chi connectivity index (χ0) is 11.3. The van der Waals surface area contributed by atoms with Crippen LogP contribution >= 0.6 is 0 Å². The van der Waals surface area contributed by atoms with Crippen LogP contribution in [0.2, 0.25) is 0 Å². The summed E-state index contributed by atoms with van der Waals surface area (Å²) >= 11 is 0. The Labute approximate surface area is 98.1 Å². The molecule has 0 radical (unpaired) electrons. The van der Waals surface area contributed by atoms with Crippen LogP contribution in [0.25, 0.3) is 0 Å². The second kappa shape index (κ2) is 3.67. The van der Waals surface area contributed by atoms with Crippen LogP contribution in [0.1, 0.15) is 0 Å². The fourth-order valence-corrected chi connectivity index (χ4v) is 4.04. The van der Waals surface area contributed by atoms with Gasteiger partial charge in [-0.05, 0) is 21.1 Å². The van der Waals surface area contributed by atoms with Crippen molar-refractivity contribution in [3.63, 3.8) is 0 Å². The van der Waals surface area contributed by atoms with Crippen LogP contribution in [0, 0.1) is 5.41 Å². The molecule has 2 atom stereocenters. The number of hydrogen-bond acceptors (Lipinski definition) is 4. The molecule has 3 aliphatic heterocycles. The van der Waals surface area contributed by atoms with Gasteiger partial charge < -0.3 is 14.5 Å². The van der Waals surface area contributed by atoms with E-state index in [1.165, 1.54) is 19.6 Å². The smallest absolute Gasteiger partial charge is 0.0864 e. The average molecular weight is 225 g/mol. The van der Waals surface area contributed by atoms with Gasteiger partial charge in [0.1, 0.15) is 0 Å². The lowest BCUT2D eigenvalue weighted by molar-refractivity contribution is -0.205. The van der Waals surface area contributed by atoms with Crippen molar-refractivity contribution >= 4 is 0 Å². The van der Waals surface area contributed by atoms with E-state index in [-0.39, 0.29) is 0 Å². The molecular formula is C12H23N3O.